The Morgan fingerprint density at radius 1 is 0.982 bits per heavy atom. The molecule has 0 aliphatic heterocycles. The number of nitrogens with zero attached hydrogens (tertiary/aromatic N) is 2. The maximum atomic E-state index is 14.3. The minimum absolute atomic E-state index is 0.0235. The molecule has 10 atom stereocenters. The molecule has 0 saturated heterocycles. The molecule has 0 bridgehead atoms. The van der Waals surface area contributed by atoms with Gasteiger partial charge in [-0.2, -0.15) is 0 Å². The van der Waals surface area contributed by atoms with Crippen molar-refractivity contribution in [2.24, 2.45) is 56.7 Å². The van der Waals surface area contributed by atoms with Gasteiger partial charge in [0.2, 0.25) is 0 Å². The maximum absolute atomic E-state index is 14.3. The standard InChI is InChI=1S/C47H71ClN2O6/c1-29(2)40-35(51)25-47(38(52)28-50(24-23-49(9)10)27-31-13-11-12-14-34(31)48)22-21-45(7)33(41(40)47)15-16-37-44(6)19-18-36(30(3)32(44)17-20-46(37,45)8)56-39(53)26-43(4,5)42(54)55/h11-14,29-30,32-33,36-38,52H,15-28H2,1-10H3,(H,54,55)/t30-,32+,33-,36+,37-,38+,44+,45-,46-,47+/m1/s1. The molecule has 8 nitrogen and oxygen atoms in total. The van der Waals surface area contributed by atoms with Gasteiger partial charge in [0, 0.05) is 43.0 Å². The number of carboxylic acid groups (broad SMARTS) is 1. The molecule has 4 saturated carbocycles. The van der Waals surface area contributed by atoms with Crippen LogP contribution in [0.1, 0.15) is 125 Å². The first-order valence-electron chi connectivity index (χ1n) is 21.6. The summed E-state index contributed by atoms with van der Waals surface area (Å²) in [5, 5.41) is 23.0. The molecule has 0 unspecified atom stereocenters. The van der Waals surface area contributed by atoms with Gasteiger partial charge in [-0.1, -0.05) is 76.9 Å². The quantitative estimate of drug-likeness (QED) is 0.191. The molecule has 56 heavy (non-hydrogen) atoms. The molecule has 9 heteroatoms. The smallest absolute Gasteiger partial charge is 0.309 e. The highest BCUT2D eigenvalue weighted by molar-refractivity contribution is 6.31. The van der Waals surface area contributed by atoms with Gasteiger partial charge in [-0.05, 0) is 142 Å². The average molecular weight is 796 g/mol. The third kappa shape index (κ3) is 7.34. The number of carboxylic acids is 1. The van der Waals surface area contributed by atoms with Crippen molar-refractivity contribution in [1.29, 1.82) is 0 Å². The van der Waals surface area contributed by atoms with E-state index >= 15 is 0 Å². The van der Waals surface area contributed by atoms with Gasteiger partial charge in [-0.25, -0.2) is 0 Å². The van der Waals surface area contributed by atoms with Gasteiger partial charge in [0.05, 0.1) is 17.9 Å². The first-order valence-corrected chi connectivity index (χ1v) is 22.0. The number of aliphatic hydroxyl groups is 1. The first-order chi connectivity index (χ1) is 26.1. The van der Waals surface area contributed by atoms with Crippen LogP contribution in [0.4, 0.5) is 0 Å². The predicted octanol–water partition coefficient (Wildman–Crippen LogP) is 9.07. The monoisotopic (exact) mass is 795 g/mol. The van der Waals surface area contributed by atoms with Crippen molar-refractivity contribution in [3.63, 3.8) is 0 Å². The zero-order valence-corrected chi connectivity index (χ0v) is 36.8. The van der Waals surface area contributed by atoms with E-state index in [1.54, 1.807) is 13.8 Å². The molecule has 1 aromatic rings. The third-order valence-corrected chi connectivity index (χ3v) is 17.1. The predicted molar refractivity (Wildman–Crippen MR) is 222 cm³/mol. The Hall–Kier alpha value is -2.26. The molecular formula is C47H71ClN2O6. The van der Waals surface area contributed by atoms with Gasteiger partial charge in [0.15, 0.2) is 5.78 Å². The van der Waals surface area contributed by atoms with E-state index in [1.165, 1.54) is 5.57 Å². The van der Waals surface area contributed by atoms with E-state index in [-0.39, 0.29) is 52.3 Å². The summed E-state index contributed by atoms with van der Waals surface area (Å²) in [5.74, 6) is 0.271. The lowest BCUT2D eigenvalue weighted by Crippen LogP contribution is -2.65. The molecule has 4 fully saturated rings. The Morgan fingerprint density at radius 2 is 1.68 bits per heavy atom. The summed E-state index contributed by atoms with van der Waals surface area (Å²) in [5.41, 5.74) is 1.74. The SMILES string of the molecule is CC(C)C1=C2[C@H]3CC[C@@H]4[C@@]5(C)CC[C@H](OC(=O)CC(C)(C)C(=O)O)[C@H](C)[C@@H]5CC[C@@]4(C)[C@]3(C)CC[C@@]2([C@@H](O)CN(CCN(C)C)Cc2ccccc2Cl)CC1=O. The number of carbonyl (C=O) groups is 3. The van der Waals surface area contributed by atoms with Crippen molar-refractivity contribution in [3.05, 3.63) is 46.0 Å². The van der Waals surface area contributed by atoms with Gasteiger partial charge < -0.3 is 19.8 Å². The summed E-state index contributed by atoms with van der Waals surface area (Å²) < 4.78 is 6.09. The highest BCUT2D eigenvalue weighted by atomic mass is 35.5. The summed E-state index contributed by atoms with van der Waals surface area (Å²) >= 11 is 6.67. The number of Topliss-reactive ketones (excluding diaryl/α,β-unsaturated/α-hetero) is 1. The summed E-state index contributed by atoms with van der Waals surface area (Å²) in [6.45, 7) is 20.2. The largest absolute Gasteiger partial charge is 0.481 e. The van der Waals surface area contributed by atoms with E-state index in [1.807, 2.05) is 18.2 Å². The number of carbonyl (C=O) groups excluding carboxylic acids is 2. The number of halogens is 1. The highest BCUT2D eigenvalue weighted by Crippen LogP contribution is 2.76. The van der Waals surface area contributed by atoms with Crippen LogP contribution in [0.25, 0.3) is 0 Å². The lowest BCUT2D eigenvalue weighted by Gasteiger charge is -2.71. The van der Waals surface area contributed by atoms with E-state index in [2.05, 4.69) is 71.5 Å². The second-order valence-corrected chi connectivity index (χ2v) is 21.3. The van der Waals surface area contributed by atoms with E-state index < -0.39 is 28.9 Å². The molecule has 5 aliphatic carbocycles. The number of fused-ring (bicyclic) bond motifs is 7. The van der Waals surface area contributed by atoms with E-state index in [4.69, 9.17) is 16.3 Å². The zero-order valence-electron chi connectivity index (χ0n) is 36.1. The van der Waals surface area contributed by atoms with Gasteiger partial charge in [-0.3, -0.25) is 19.3 Å². The van der Waals surface area contributed by atoms with Gasteiger partial charge in [-0.15, -0.1) is 0 Å². The second kappa shape index (κ2) is 15.7. The van der Waals surface area contributed by atoms with E-state index in [0.29, 0.717) is 31.3 Å². The molecule has 312 valence electrons. The first kappa shape index (κ1) is 43.3. The molecule has 2 N–H and O–H groups in total. The summed E-state index contributed by atoms with van der Waals surface area (Å²) in [6.07, 6.45) is 7.25. The molecule has 0 radical (unpaired) electrons. The molecule has 0 aromatic heterocycles. The fourth-order valence-electron chi connectivity index (χ4n) is 13.4. The number of ketones is 1. The lowest BCUT2D eigenvalue weighted by molar-refractivity contribution is -0.218. The molecule has 0 amide bonds. The third-order valence-electron chi connectivity index (χ3n) is 16.7. The summed E-state index contributed by atoms with van der Waals surface area (Å²) in [4.78, 5) is 43.6. The zero-order chi connectivity index (χ0) is 41.2. The van der Waals surface area contributed by atoms with E-state index in [9.17, 15) is 24.6 Å². The van der Waals surface area contributed by atoms with Crippen LogP contribution in [0.2, 0.25) is 5.02 Å². The van der Waals surface area contributed by atoms with Crippen LogP contribution >= 0.6 is 11.6 Å². The van der Waals surface area contributed by atoms with Crippen LogP contribution in [-0.4, -0.2) is 83.7 Å². The topological polar surface area (TPSA) is 107 Å². The number of hydrogen-bond donors (Lipinski definition) is 2. The maximum Gasteiger partial charge on any atom is 0.309 e. The number of esters is 1. The highest BCUT2D eigenvalue weighted by Gasteiger charge is 2.69. The van der Waals surface area contributed by atoms with Crippen LogP contribution < -0.4 is 0 Å². The van der Waals surface area contributed by atoms with Gasteiger partial charge in [0.25, 0.3) is 0 Å². The second-order valence-electron chi connectivity index (χ2n) is 20.8. The molecule has 1 aromatic carbocycles. The Balaban J connectivity index is 1.27. The van der Waals surface area contributed by atoms with Gasteiger partial charge in [0.1, 0.15) is 6.10 Å². The number of benzene rings is 1. The Kier molecular flexibility index (Phi) is 12.2. The molecule has 0 spiro atoms. The summed E-state index contributed by atoms with van der Waals surface area (Å²) in [7, 11) is 4.15. The fourth-order valence-corrected chi connectivity index (χ4v) is 13.6. The Bertz CT molecular complexity index is 1710. The van der Waals surface area contributed by atoms with Crippen LogP contribution in [0, 0.1) is 56.7 Å². The van der Waals surface area contributed by atoms with Crippen molar-refractivity contribution >= 4 is 29.3 Å². The fraction of sp³-hybridized carbons (Fsp3) is 0.766. The minimum Gasteiger partial charge on any atom is -0.481 e. The minimum atomic E-state index is -1.16. The number of rotatable bonds is 13. The Morgan fingerprint density at radius 3 is 2.32 bits per heavy atom. The Labute approximate surface area is 342 Å². The molecular weight excluding hydrogens is 724 g/mol. The average Bonchev–Trinajstić information content (AvgIpc) is 3.42. The van der Waals surface area contributed by atoms with Crippen LogP contribution in [-0.2, 0) is 25.7 Å². The molecule has 0 heterocycles. The van der Waals surface area contributed by atoms with E-state index in [0.717, 1.165) is 80.6 Å². The lowest BCUT2D eigenvalue weighted by atomic mass is 9.34. The van der Waals surface area contributed by atoms with Crippen LogP contribution in [0.3, 0.4) is 0 Å². The van der Waals surface area contributed by atoms with Gasteiger partial charge >= 0.3 is 11.9 Å². The van der Waals surface area contributed by atoms with Crippen molar-refractivity contribution < 1.29 is 29.3 Å². The van der Waals surface area contributed by atoms with Crippen molar-refractivity contribution in [2.45, 2.75) is 138 Å². The molecule has 6 rings (SSSR count). The van der Waals surface area contributed by atoms with Crippen LogP contribution in [0.5, 0.6) is 0 Å². The number of likely N-dealkylation sites (N-methyl/N-ethyl adjacent to an activating group) is 1. The van der Waals surface area contributed by atoms with Crippen molar-refractivity contribution in [2.75, 3.05) is 33.7 Å². The number of allylic oxidation sites excluding steroid dienone is 1. The van der Waals surface area contributed by atoms with Crippen molar-refractivity contribution in [1.82, 2.24) is 9.80 Å². The normalized spacial score (nSPS) is 36.3. The number of ether oxygens (including phenoxy) is 1. The van der Waals surface area contributed by atoms with Crippen LogP contribution in [0.15, 0.2) is 35.4 Å². The summed E-state index contributed by atoms with van der Waals surface area (Å²) in [6, 6.07) is 7.97. The number of aliphatic hydroxyl groups excluding tert-OH is 1. The van der Waals surface area contributed by atoms with Crippen molar-refractivity contribution in [3.8, 4) is 0 Å². The number of aliphatic carboxylic acids is 1. The number of hydrogen-bond acceptors (Lipinski definition) is 7. The molecule has 5 aliphatic rings.